The summed E-state index contributed by atoms with van der Waals surface area (Å²) < 4.78 is 4.48. The van der Waals surface area contributed by atoms with Gasteiger partial charge in [0.2, 0.25) is 18.4 Å². The number of rotatable bonds is 11. The summed E-state index contributed by atoms with van der Waals surface area (Å²) in [5.74, 6) is -0.505. The van der Waals surface area contributed by atoms with Gasteiger partial charge in [0, 0.05) is 25.9 Å². The van der Waals surface area contributed by atoms with E-state index in [1.54, 1.807) is 0 Å². The average Bonchev–Trinajstić information content (AvgIpc) is 2.48. The molecule has 21 heavy (non-hydrogen) atoms. The molecule has 7 heteroatoms. The highest BCUT2D eigenvalue weighted by Crippen LogP contribution is 1.97. The van der Waals surface area contributed by atoms with Crippen molar-refractivity contribution in [3.8, 4) is 0 Å². The Morgan fingerprint density at radius 2 is 1.52 bits per heavy atom. The van der Waals surface area contributed by atoms with Crippen molar-refractivity contribution >= 4 is 17.8 Å². The van der Waals surface area contributed by atoms with Crippen LogP contribution in [0, 0.1) is 6.57 Å². The molecule has 0 spiro atoms. The third-order valence-corrected chi connectivity index (χ3v) is 2.71. The lowest BCUT2D eigenvalue weighted by Gasteiger charge is -2.06. The second kappa shape index (κ2) is 12.9. The lowest BCUT2D eigenvalue weighted by Crippen LogP contribution is -2.27. The molecule has 0 aliphatic heterocycles. The third-order valence-electron chi connectivity index (χ3n) is 2.71. The summed E-state index contributed by atoms with van der Waals surface area (Å²) in [6.45, 7) is 7.88. The molecule has 0 aromatic carbocycles. The molecule has 0 radical (unpaired) electrons. The molecule has 0 aromatic heterocycles. The predicted octanol–water partition coefficient (Wildman–Crippen LogP) is 0.652. The molecule has 0 atom stereocenters. The van der Waals surface area contributed by atoms with Crippen molar-refractivity contribution in [1.29, 1.82) is 0 Å². The molecule has 0 saturated carbocycles. The van der Waals surface area contributed by atoms with Gasteiger partial charge in [-0.2, -0.15) is 0 Å². The first-order chi connectivity index (χ1) is 10.1. The van der Waals surface area contributed by atoms with E-state index in [0.29, 0.717) is 25.9 Å². The molecule has 0 saturated heterocycles. The van der Waals surface area contributed by atoms with Crippen molar-refractivity contribution in [2.75, 3.05) is 26.7 Å². The smallest absolute Gasteiger partial charge is 0.305 e. The molecule has 7 nitrogen and oxygen atoms in total. The molecule has 2 N–H and O–H groups in total. The monoisotopic (exact) mass is 297 g/mol. The van der Waals surface area contributed by atoms with Gasteiger partial charge in [-0.15, -0.1) is 0 Å². The van der Waals surface area contributed by atoms with E-state index in [1.807, 2.05) is 0 Å². The van der Waals surface area contributed by atoms with Gasteiger partial charge in [-0.3, -0.25) is 14.4 Å². The minimum atomic E-state index is -0.309. The Hall–Kier alpha value is -2.10. The Morgan fingerprint density at radius 1 is 0.952 bits per heavy atom. The highest BCUT2D eigenvalue weighted by Gasteiger charge is 2.05. The molecule has 118 valence electrons. The van der Waals surface area contributed by atoms with E-state index in [2.05, 4.69) is 20.2 Å². The van der Waals surface area contributed by atoms with Crippen molar-refractivity contribution in [3.63, 3.8) is 0 Å². The van der Waals surface area contributed by atoms with Gasteiger partial charge in [0.15, 0.2) is 0 Å². The molecule has 0 bridgehead atoms. The van der Waals surface area contributed by atoms with Crippen LogP contribution in [0.2, 0.25) is 0 Å². The van der Waals surface area contributed by atoms with Crippen LogP contribution >= 0.6 is 0 Å². The molecule has 0 aromatic rings. The number of esters is 1. The van der Waals surface area contributed by atoms with Crippen LogP contribution in [0.1, 0.15) is 38.5 Å². The lowest BCUT2D eigenvalue weighted by molar-refractivity contribution is -0.140. The fraction of sp³-hybridized carbons (Fsp3) is 0.714. The molecule has 0 fully saturated rings. The number of amides is 2. The lowest BCUT2D eigenvalue weighted by atomic mass is 10.2. The van der Waals surface area contributed by atoms with Crippen LogP contribution in [0.5, 0.6) is 0 Å². The largest absolute Gasteiger partial charge is 0.469 e. The Balaban J connectivity index is 3.38. The molecule has 2 amide bonds. The fourth-order valence-electron chi connectivity index (χ4n) is 1.54. The van der Waals surface area contributed by atoms with Crippen LogP contribution in [0.15, 0.2) is 0 Å². The molecule has 0 aliphatic rings. The van der Waals surface area contributed by atoms with Gasteiger partial charge in [-0.05, 0) is 19.3 Å². The maximum absolute atomic E-state index is 11.4. The van der Waals surface area contributed by atoms with E-state index >= 15 is 0 Å². The van der Waals surface area contributed by atoms with E-state index in [1.165, 1.54) is 7.11 Å². The number of nitrogens with one attached hydrogen (secondary N) is 2. The first-order valence-electron chi connectivity index (χ1n) is 7.03. The quantitative estimate of drug-likeness (QED) is 0.333. The zero-order valence-electron chi connectivity index (χ0n) is 12.4. The van der Waals surface area contributed by atoms with E-state index < -0.39 is 0 Å². The first-order valence-corrected chi connectivity index (χ1v) is 7.03. The van der Waals surface area contributed by atoms with E-state index in [4.69, 9.17) is 6.57 Å². The van der Waals surface area contributed by atoms with Gasteiger partial charge in [0.1, 0.15) is 0 Å². The standard InChI is InChI=1S/C14H23N3O4/c1-15-11-8-13(19)17-10-4-3-9-16-12(18)6-5-7-14(20)21-2/h3-11H2,2H3,(H,16,18)(H,17,19). The number of methoxy groups -OCH3 is 1. The van der Waals surface area contributed by atoms with E-state index in [-0.39, 0.29) is 37.2 Å². The average molecular weight is 297 g/mol. The van der Waals surface area contributed by atoms with Crippen molar-refractivity contribution in [2.24, 2.45) is 0 Å². The maximum atomic E-state index is 11.4. The van der Waals surface area contributed by atoms with Crippen molar-refractivity contribution < 1.29 is 19.1 Å². The Labute approximate surface area is 125 Å². The van der Waals surface area contributed by atoms with Gasteiger partial charge in [0.25, 0.3) is 0 Å². The number of ether oxygens (including phenoxy) is 1. The van der Waals surface area contributed by atoms with Crippen LogP contribution in [-0.4, -0.2) is 44.5 Å². The summed E-state index contributed by atoms with van der Waals surface area (Å²) in [6, 6.07) is 0. The third kappa shape index (κ3) is 12.7. The summed E-state index contributed by atoms with van der Waals surface area (Å²) in [4.78, 5) is 36.5. The summed E-state index contributed by atoms with van der Waals surface area (Å²) in [6.07, 6.45) is 2.82. The molecule has 0 heterocycles. The SMILES string of the molecule is [C-]#[N+]CCC(=O)NCCCCNC(=O)CCCC(=O)OC. The summed E-state index contributed by atoms with van der Waals surface area (Å²) in [5.41, 5.74) is 0. The molecule has 0 aliphatic carbocycles. The van der Waals surface area contributed by atoms with Gasteiger partial charge < -0.3 is 20.2 Å². The zero-order chi connectivity index (χ0) is 15.9. The highest BCUT2D eigenvalue weighted by molar-refractivity contribution is 5.77. The normalized spacial score (nSPS) is 9.52. The van der Waals surface area contributed by atoms with Gasteiger partial charge in [0.05, 0.1) is 13.5 Å². The van der Waals surface area contributed by atoms with E-state index in [0.717, 1.165) is 12.8 Å². The maximum Gasteiger partial charge on any atom is 0.305 e. The number of hydrogen-bond donors (Lipinski definition) is 2. The molecular weight excluding hydrogens is 274 g/mol. The van der Waals surface area contributed by atoms with Gasteiger partial charge in [-0.25, -0.2) is 6.57 Å². The Kier molecular flexibility index (Phi) is 11.6. The zero-order valence-corrected chi connectivity index (χ0v) is 12.4. The van der Waals surface area contributed by atoms with Crippen molar-refractivity contribution in [1.82, 2.24) is 10.6 Å². The van der Waals surface area contributed by atoms with Crippen LogP contribution in [0.25, 0.3) is 4.85 Å². The minimum Gasteiger partial charge on any atom is -0.469 e. The predicted molar refractivity (Wildman–Crippen MR) is 77.2 cm³/mol. The number of hydrogen-bond acceptors (Lipinski definition) is 4. The topological polar surface area (TPSA) is 88.9 Å². The second-order valence-corrected chi connectivity index (χ2v) is 4.47. The summed E-state index contributed by atoms with van der Waals surface area (Å²) >= 11 is 0. The fourth-order valence-corrected chi connectivity index (χ4v) is 1.54. The molecular formula is C14H23N3O4. The Morgan fingerprint density at radius 3 is 2.05 bits per heavy atom. The van der Waals surface area contributed by atoms with Gasteiger partial charge >= 0.3 is 5.97 Å². The van der Waals surface area contributed by atoms with E-state index in [9.17, 15) is 14.4 Å². The Bertz CT molecular complexity index is 377. The highest BCUT2D eigenvalue weighted by atomic mass is 16.5. The summed E-state index contributed by atoms with van der Waals surface area (Å²) in [7, 11) is 1.32. The minimum absolute atomic E-state index is 0.0833. The number of nitrogens with zero attached hydrogens (tertiary/aromatic N) is 1. The van der Waals surface area contributed by atoms with Crippen LogP contribution < -0.4 is 10.6 Å². The number of unbranched alkanes of at least 4 members (excludes halogenated alkanes) is 1. The van der Waals surface area contributed by atoms with Crippen molar-refractivity contribution in [3.05, 3.63) is 11.4 Å². The second-order valence-electron chi connectivity index (χ2n) is 4.47. The van der Waals surface area contributed by atoms with Crippen LogP contribution in [-0.2, 0) is 19.1 Å². The van der Waals surface area contributed by atoms with Gasteiger partial charge in [-0.1, -0.05) is 0 Å². The van der Waals surface area contributed by atoms with Crippen molar-refractivity contribution in [2.45, 2.75) is 38.5 Å². The van der Waals surface area contributed by atoms with Crippen LogP contribution in [0.3, 0.4) is 0 Å². The van der Waals surface area contributed by atoms with Crippen LogP contribution in [0.4, 0.5) is 0 Å². The molecule has 0 unspecified atom stereocenters. The first kappa shape index (κ1) is 18.9. The molecule has 0 rings (SSSR count). The summed E-state index contributed by atoms with van der Waals surface area (Å²) in [5, 5.41) is 5.47. The number of carbonyl (C=O) groups excluding carboxylic acids is 3. The number of carbonyl (C=O) groups is 3.